The van der Waals surface area contributed by atoms with Crippen LogP contribution in [0.3, 0.4) is 0 Å². The summed E-state index contributed by atoms with van der Waals surface area (Å²) in [5.41, 5.74) is 1.62. The van der Waals surface area contributed by atoms with Crippen molar-refractivity contribution in [2.75, 3.05) is 20.6 Å². The maximum Gasteiger partial charge on any atom is 0.270 e. The fourth-order valence-electron chi connectivity index (χ4n) is 3.12. The molecule has 0 saturated heterocycles. The minimum absolute atomic E-state index is 0.0274. The number of nitrogens with one attached hydrogen (secondary N) is 2. The number of carbonyl (C=O) groups excluding carboxylic acids is 1. The van der Waals surface area contributed by atoms with Crippen molar-refractivity contribution in [2.24, 2.45) is 0 Å². The Morgan fingerprint density at radius 2 is 2.11 bits per heavy atom. The molecule has 2 aromatic heterocycles. The van der Waals surface area contributed by atoms with E-state index in [1.807, 2.05) is 25.9 Å². The third-order valence-electron chi connectivity index (χ3n) is 4.27. The molecule has 1 aromatic carbocycles. The number of benzene rings is 1. The molecule has 0 bridgehead atoms. The van der Waals surface area contributed by atoms with Crippen LogP contribution in [0, 0.1) is 10.1 Å². The summed E-state index contributed by atoms with van der Waals surface area (Å²) < 4.78 is 0. The molecular formula is C19H21N5O4. The lowest BCUT2D eigenvalue weighted by Gasteiger charge is -2.18. The Kier molecular flexibility index (Phi) is 5.27. The highest BCUT2D eigenvalue weighted by atomic mass is 16.6. The zero-order valence-corrected chi connectivity index (χ0v) is 15.8. The number of pyridine rings is 1. The summed E-state index contributed by atoms with van der Waals surface area (Å²) in [5.74, 6) is -0.382. The molecule has 3 rings (SSSR count). The zero-order chi connectivity index (χ0) is 20.4. The third kappa shape index (κ3) is 3.94. The van der Waals surface area contributed by atoms with Gasteiger partial charge in [0.1, 0.15) is 0 Å². The van der Waals surface area contributed by atoms with Crippen LogP contribution in [0.1, 0.15) is 17.3 Å². The van der Waals surface area contributed by atoms with Crippen molar-refractivity contribution in [3.63, 3.8) is 0 Å². The van der Waals surface area contributed by atoms with Crippen molar-refractivity contribution in [1.29, 1.82) is 0 Å². The number of amides is 1. The molecule has 1 amide bonds. The maximum atomic E-state index is 12.3. The highest BCUT2D eigenvalue weighted by molar-refractivity contribution is 6.00. The van der Waals surface area contributed by atoms with Crippen LogP contribution in [0.4, 0.5) is 5.69 Å². The Morgan fingerprint density at radius 3 is 2.71 bits per heavy atom. The Balaban J connectivity index is 1.89. The normalized spacial score (nSPS) is 12.3. The summed E-state index contributed by atoms with van der Waals surface area (Å²) in [6, 6.07) is 7.46. The summed E-state index contributed by atoms with van der Waals surface area (Å²) >= 11 is 0. The second-order valence-corrected chi connectivity index (χ2v) is 6.90. The van der Waals surface area contributed by atoms with Gasteiger partial charge in [-0.15, -0.1) is 0 Å². The number of nitro groups is 1. The number of rotatable bonds is 6. The standard InChI is InChI=1S/C19H21N5O4/c1-11(10-23(2)3)21-18(25)12-4-6-16(20-9-12)17-14-8-13(24(27)28)5-7-15(14)22-19(17)26/h4-9,11,22,26H,10H2,1-3H3,(H,21,25). The summed E-state index contributed by atoms with van der Waals surface area (Å²) in [6.45, 7) is 2.62. The molecule has 0 fully saturated rings. The highest BCUT2D eigenvalue weighted by Crippen LogP contribution is 2.37. The minimum atomic E-state index is -0.497. The number of likely N-dealkylation sites (N-methyl/N-ethyl adjacent to an activating group) is 1. The summed E-state index contributed by atoms with van der Waals surface area (Å²) in [4.78, 5) is 31.9. The Hall–Kier alpha value is -3.46. The van der Waals surface area contributed by atoms with Gasteiger partial charge in [-0.05, 0) is 39.2 Å². The average molecular weight is 383 g/mol. The third-order valence-corrected chi connectivity index (χ3v) is 4.27. The molecule has 1 atom stereocenters. The molecule has 0 aliphatic rings. The summed E-state index contributed by atoms with van der Waals surface area (Å²) in [6.07, 6.45) is 1.42. The van der Waals surface area contributed by atoms with Gasteiger partial charge < -0.3 is 20.3 Å². The van der Waals surface area contributed by atoms with Crippen LogP contribution in [0.15, 0.2) is 36.5 Å². The lowest BCUT2D eigenvalue weighted by molar-refractivity contribution is -0.384. The van der Waals surface area contributed by atoms with Gasteiger partial charge in [0.15, 0.2) is 5.88 Å². The van der Waals surface area contributed by atoms with Crippen molar-refractivity contribution in [2.45, 2.75) is 13.0 Å². The van der Waals surface area contributed by atoms with Crippen molar-refractivity contribution in [1.82, 2.24) is 20.2 Å². The number of nitrogens with zero attached hydrogens (tertiary/aromatic N) is 3. The van der Waals surface area contributed by atoms with E-state index in [9.17, 15) is 20.0 Å². The van der Waals surface area contributed by atoms with Crippen LogP contribution in [0.5, 0.6) is 5.88 Å². The van der Waals surface area contributed by atoms with Crippen LogP contribution in [0.2, 0.25) is 0 Å². The first-order valence-corrected chi connectivity index (χ1v) is 8.67. The Bertz CT molecular complexity index is 1030. The Morgan fingerprint density at radius 1 is 1.36 bits per heavy atom. The van der Waals surface area contributed by atoms with E-state index in [-0.39, 0.29) is 23.5 Å². The van der Waals surface area contributed by atoms with Gasteiger partial charge in [-0.2, -0.15) is 0 Å². The molecule has 3 aromatic rings. The largest absolute Gasteiger partial charge is 0.494 e. The monoisotopic (exact) mass is 383 g/mol. The summed E-state index contributed by atoms with van der Waals surface area (Å²) in [7, 11) is 3.86. The van der Waals surface area contributed by atoms with Crippen molar-refractivity contribution >= 4 is 22.5 Å². The van der Waals surface area contributed by atoms with Crippen molar-refractivity contribution in [3.05, 3.63) is 52.2 Å². The first-order valence-electron chi connectivity index (χ1n) is 8.67. The highest BCUT2D eigenvalue weighted by Gasteiger charge is 2.18. The van der Waals surface area contributed by atoms with E-state index >= 15 is 0 Å². The van der Waals surface area contributed by atoms with E-state index in [4.69, 9.17) is 0 Å². The molecule has 0 aliphatic carbocycles. The van der Waals surface area contributed by atoms with Gasteiger partial charge in [0.2, 0.25) is 0 Å². The average Bonchev–Trinajstić information content (AvgIpc) is 2.95. The fraction of sp³-hybridized carbons (Fsp3) is 0.263. The molecule has 146 valence electrons. The number of non-ortho nitro benzene ring substituents is 1. The number of hydrogen-bond donors (Lipinski definition) is 3. The number of H-pyrrole nitrogens is 1. The molecule has 1 unspecified atom stereocenters. The fourth-order valence-corrected chi connectivity index (χ4v) is 3.12. The number of nitro benzene ring substituents is 1. The lowest BCUT2D eigenvalue weighted by Crippen LogP contribution is -2.39. The number of hydrogen-bond acceptors (Lipinski definition) is 6. The number of carbonyl (C=O) groups is 1. The molecular weight excluding hydrogens is 362 g/mol. The van der Waals surface area contributed by atoms with E-state index < -0.39 is 4.92 Å². The maximum absolute atomic E-state index is 12.3. The van der Waals surface area contributed by atoms with Gasteiger partial charge >= 0.3 is 0 Å². The van der Waals surface area contributed by atoms with Crippen LogP contribution in [-0.2, 0) is 0 Å². The molecule has 0 aliphatic heterocycles. The first-order chi connectivity index (χ1) is 13.3. The topological polar surface area (TPSA) is 124 Å². The van der Waals surface area contributed by atoms with Gasteiger partial charge in [0, 0.05) is 41.8 Å². The number of aromatic amines is 1. The molecule has 28 heavy (non-hydrogen) atoms. The predicted molar refractivity (Wildman–Crippen MR) is 105 cm³/mol. The molecule has 3 N–H and O–H groups in total. The second kappa shape index (κ2) is 7.65. The van der Waals surface area contributed by atoms with E-state index in [0.29, 0.717) is 34.3 Å². The molecule has 9 nitrogen and oxygen atoms in total. The van der Waals surface area contributed by atoms with Gasteiger partial charge in [-0.1, -0.05) is 0 Å². The van der Waals surface area contributed by atoms with E-state index in [1.54, 1.807) is 12.1 Å². The van der Waals surface area contributed by atoms with Crippen molar-refractivity contribution < 1.29 is 14.8 Å². The zero-order valence-electron chi connectivity index (χ0n) is 15.8. The van der Waals surface area contributed by atoms with Crippen LogP contribution < -0.4 is 5.32 Å². The van der Waals surface area contributed by atoms with Gasteiger partial charge in [-0.3, -0.25) is 19.9 Å². The minimum Gasteiger partial charge on any atom is -0.494 e. The summed E-state index contributed by atoms with van der Waals surface area (Å²) in [5, 5.41) is 24.7. The van der Waals surface area contributed by atoms with Crippen LogP contribution in [0.25, 0.3) is 22.2 Å². The van der Waals surface area contributed by atoms with Crippen LogP contribution in [-0.4, -0.2) is 57.5 Å². The first kappa shape index (κ1) is 19.3. The Labute approximate surface area is 161 Å². The smallest absolute Gasteiger partial charge is 0.270 e. The van der Waals surface area contributed by atoms with Crippen LogP contribution >= 0.6 is 0 Å². The molecule has 0 saturated carbocycles. The van der Waals surface area contributed by atoms with Gasteiger partial charge in [0.05, 0.1) is 21.7 Å². The second-order valence-electron chi connectivity index (χ2n) is 6.90. The number of aromatic nitrogens is 2. The molecule has 2 heterocycles. The SMILES string of the molecule is CC(CN(C)C)NC(=O)c1ccc(-c2c(O)[nH]c3ccc([N+](=O)[O-])cc23)nc1. The molecule has 0 radical (unpaired) electrons. The predicted octanol–water partition coefficient (Wildman–Crippen LogP) is 2.52. The number of aromatic hydroxyl groups is 1. The molecule has 9 heteroatoms. The van der Waals surface area contributed by atoms with Gasteiger partial charge in [-0.25, -0.2) is 0 Å². The lowest BCUT2D eigenvalue weighted by atomic mass is 10.1. The van der Waals surface area contributed by atoms with Gasteiger partial charge in [0.25, 0.3) is 11.6 Å². The quantitative estimate of drug-likeness (QED) is 0.444. The molecule has 0 spiro atoms. The van der Waals surface area contributed by atoms with E-state index in [1.165, 1.54) is 24.4 Å². The van der Waals surface area contributed by atoms with Crippen molar-refractivity contribution in [3.8, 4) is 17.1 Å². The number of fused-ring (bicyclic) bond motifs is 1. The van der Waals surface area contributed by atoms with E-state index in [2.05, 4.69) is 15.3 Å². The van der Waals surface area contributed by atoms with E-state index in [0.717, 1.165) is 0 Å².